The quantitative estimate of drug-likeness (QED) is 0.624. The number of carbonyl (C=O) groups is 2. The molecule has 0 unspecified atom stereocenters. The van der Waals surface area contributed by atoms with Gasteiger partial charge in [0.25, 0.3) is 0 Å². The first kappa shape index (κ1) is 10.8. The second-order valence-corrected chi connectivity index (χ2v) is 2.78. The predicted octanol–water partition coefficient (Wildman–Crippen LogP) is 0.372. The summed E-state index contributed by atoms with van der Waals surface area (Å²) in [6.07, 6.45) is 1.98. The first-order valence-corrected chi connectivity index (χ1v) is 4.15. The Kier molecular flexibility index (Phi) is 3.45. The first-order chi connectivity index (χ1) is 7.08. The average Bonchev–Trinajstić information content (AvgIpc) is 2.15. The molecule has 0 aliphatic rings. The lowest BCUT2D eigenvalue weighted by Gasteiger charge is -2.01. The fourth-order valence-electron chi connectivity index (χ4n) is 0.925. The van der Waals surface area contributed by atoms with E-state index in [9.17, 15) is 9.59 Å². The van der Waals surface area contributed by atoms with E-state index in [1.165, 1.54) is 12.1 Å². The molecule has 78 valence electrons. The lowest BCUT2D eigenvalue weighted by molar-refractivity contribution is -0.115. The van der Waals surface area contributed by atoms with Crippen molar-refractivity contribution in [1.82, 2.24) is 0 Å². The molecule has 0 bridgehead atoms. The van der Waals surface area contributed by atoms with E-state index in [1.807, 2.05) is 0 Å². The summed E-state index contributed by atoms with van der Waals surface area (Å²) < 4.78 is 0. The van der Waals surface area contributed by atoms with Crippen LogP contribution in [-0.2, 0) is 9.59 Å². The smallest absolute Gasteiger partial charge is 0.248 e. The van der Waals surface area contributed by atoms with Gasteiger partial charge in [0.1, 0.15) is 5.75 Å². The summed E-state index contributed by atoms with van der Waals surface area (Å²) in [7, 11) is 0. The number of carbonyl (C=O) groups excluding carboxylic acids is 2. The van der Waals surface area contributed by atoms with E-state index in [4.69, 9.17) is 10.8 Å². The van der Waals surface area contributed by atoms with Gasteiger partial charge in [0.2, 0.25) is 11.8 Å². The molecule has 0 heterocycles. The number of phenolic OH excluding ortho intramolecular Hbond substituents is 1. The second-order valence-electron chi connectivity index (χ2n) is 2.78. The molecule has 0 aliphatic carbocycles. The molecule has 1 rings (SSSR count). The van der Waals surface area contributed by atoms with Gasteiger partial charge in [-0.15, -0.1) is 0 Å². The second kappa shape index (κ2) is 4.80. The van der Waals surface area contributed by atoms with Crippen LogP contribution < -0.4 is 11.1 Å². The Morgan fingerprint density at radius 2 is 2.07 bits per heavy atom. The molecule has 0 atom stereocenters. The van der Waals surface area contributed by atoms with Gasteiger partial charge >= 0.3 is 0 Å². The van der Waals surface area contributed by atoms with Crippen molar-refractivity contribution in [2.24, 2.45) is 5.73 Å². The summed E-state index contributed by atoms with van der Waals surface area (Å²) in [5.41, 5.74) is 5.25. The lowest BCUT2D eigenvalue weighted by Crippen LogP contribution is -2.11. The van der Waals surface area contributed by atoms with Crippen LogP contribution in [0.4, 0.5) is 5.69 Å². The molecule has 0 saturated heterocycles. The van der Waals surface area contributed by atoms with Gasteiger partial charge in [-0.3, -0.25) is 9.59 Å². The van der Waals surface area contributed by atoms with Crippen molar-refractivity contribution < 1.29 is 14.7 Å². The van der Waals surface area contributed by atoms with Gasteiger partial charge < -0.3 is 16.2 Å². The fraction of sp³-hybridized carbons (Fsp3) is 0. The topological polar surface area (TPSA) is 92.4 Å². The Morgan fingerprint density at radius 1 is 1.33 bits per heavy atom. The minimum atomic E-state index is -0.693. The number of nitrogens with two attached hydrogens (primary N) is 1. The number of aromatic hydroxyl groups is 1. The number of primary amides is 1. The standard InChI is InChI=1S/C10H10N2O3/c11-9(14)4-5-10(15)12-7-2-1-3-8(13)6-7/h1-6,13H,(H2,11,14)(H,12,15)/b5-4-. The molecule has 5 heteroatoms. The maximum absolute atomic E-state index is 11.1. The molecule has 0 radical (unpaired) electrons. The van der Waals surface area contributed by atoms with E-state index < -0.39 is 11.8 Å². The minimum absolute atomic E-state index is 0.0479. The Bertz CT molecular complexity index is 413. The summed E-state index contributed by atoms with van der Waals surface area (Å²) >= 11 is 0. The third kappa shape index (κ3) is 3.95. The van der Waals surface area contributed by atoms with Crippen molar-refractivity contribution in [3.05, 3.63) is 36.4 Å². The molecule has 1 aromatic carbocycles. The summed E-state index contributed by atoms with van der Waals surface area (Å²) in [5, 5.41) is 11.5. The van der Waals surface area contributed by atoms with Crippen molar-refractivity contribution >= 4 is 17.5 Å². The third-order valence-electron chi connectivity index (χ3n) is 1.51. The summed E-state index contributed by atoms with van der Waals surface area (Å²) in [6.45, 7) is 0. The van der Waals surface area contributed by atoms with Crippen LogP contribution in [0, 0.1) is 0 Å². The number of rotatable bonds is 3. The highest BCUT2D eigenvalue weighted by Gasteiger charge is 1.98. The number of benzene rings is 1. The van der Waals surface area contributed by atoms with Gasteiger partial charge in [-0.25, -0.2) is 0 Å². The van der Waals surface area contributed by atoms with E-state index in [1.54, 1.807) is 12.1 Å². The highest BCUT2D eigenvalue weighted by molar-refractivity contribution is 6.03. The monoisotopic (exact) mass is 206 g/mol. The zero-order chi connectivity index (χ0) is 11.3. The summed E-state index contributed by atoms with van der Waals surface area (Å²) in [4.78, 5) is 21.5. The zero-order valence-electron chi connectivity index (χ0n) is 7.81. The Labute approximate surface area is 86.2 Å². The summed E-state index contributed by atoms with van der Waals surface area (Å²) in [6, 6.07) is 6.06. The molecule has 2 amide bonds. The molecular weight excluding hydrogens is 196 g/mol. The van der Waals surface area contributed by atoms with Crippen molar-refractivity contribution in [2.45, 2.75) is 0 Å². The van der Waals surface area contributed by atoms with Gasteiger partial charge in [0, 0.05) is 23.9 Å². The Balaban J connectivity index is 2.63. The number of hydrogen-bond donors (Lipinski definition) is 3. The zero-order valence-corrected chi connectivity index (χ0v) is 7.81. The lowest BCUT2D eigenvalue weighted by atomic mass is 10.3. The highest BCUT2D eigenvalue weighted by atomic mass is 16.3. The number of amides is 2. The molecule has 0 saturated carbocycles. The number of phenols is 1. The Hall–Kier alpha value is -2.30. The maximum Gasteiger partial charge on any atom is 0.248 e. The van der Waals surface area contributed by atoms with Crippen LogP contribution in [0.2, 0.25) is 0 Å². The number of hydrogen-bond acceptors (Lipinski definition) is 3. The molecule has 1 aromatic rings. The molecule has 0 spiro atoms. The van der Waals surface area contributed by atoms with Gasteiger partial charge in [0.05, 0.1) is 0 Å². The van der Waals surface area contributed by atoms with E-state index >= 15 is 0 Å². The van der Waals surface area contributed by atoms with Crippen LogP contribution in [0.5, 0.6) is 5.75 Å². The minimum Gasteiger partial charge on any atom is -0.508 e. The van der Waals surface area contributed by atoms with Crippen molar-refractivity contribution in [3.63, 3.8) is 0 Å². The van der Waals surface area contributed by atoms with Crippen molar-refractivity contribution in [3.8, 4) is 5.75 Å². The SMILES string of the molecule is NC(=O)/C=C\C(=O)Nc1cccc(O)c1. The Morgan fingerprint density at radius 3 is 2.67 bits per heavy atom. The molecule has 4 N–H and O–H groups in total. The molecule has 5 nitrogen and oxygen atoms in total. The van der Waals surface area contributed by atoms with Crippen molar-refractivity contribution in [2.75, 3.05) is 5.32 Å². The van der Waals surface area contributed by atoms with Crippen LogP contribution in [0.3, 0.4) is 0 Å². The molecule has 15 heavy (non-hydrogen) atoms. The van der Waals surface area contributed by atoms with Gasteiger partial charge in [-0.2, -0.15) is 0 Å². The van der Waals surface area contributed by atoms with Gasteiger partial charge in [0.15, 0.2) is 0 Å². The largest absolute Gasteiger partial charge is 0.508 e. The van der Waals surface area contributed by atoms with Crippen LogP contribution in [-0.4, -0.2) is 16.9 Å². The van der Waals surface area contributed by atoms with Crippen LogP contribution in [0.15, 0.2) is 36.4 Å². The molecule has 0 fully saturated rings. The normalized spacial score (nSPS) is 10.1. The first-order valence-electron chi connectivity index (χ1n) is 4.15. The third-order valence-corrected chi connectivity index (χ3v) is 1.51. The van der Waals surface area contributed by atoms with E-state index in [-0.39, 0.29) is 5.75 Å². The van der Waals surface area contributed by atoms with E-state index in [0.29, 0.717) is 5.69 Å². The van der Waals surface area contributed by atoms with Crippen LogP contribution in [0.25, 0.3) is 0 Å². The highest BCUT2D eigenvalue weighted by Crippen LogP contribution is 2.14. The number of anilines is 1. The predicted molar refractivity (Wildman–Crippen MR) is 55.1 cm³/mol. The number of nitrogens with one attached hydrogen (secondary N) is 1. The summed E-state index contributed by atoms with van der Waals surface area (Å²) in [5.74, 6) is -1.13. The maximum atomic E-state index is 11.1. The van der Waals surface area contributed by atoms with Gasteiger partial charge in [-0.1, -0.05) is 6.07 Å². The van der Waals surface area contributed by atoms with Crippen LogP contribution in [0.1, 0.15) is 0 Å². The van der Waals surface area contributed by atoms with Crippen molar-refractivity contribution in [1.29, 1.82) is 0 Å². The molecule has 0 aliphatic heterocycles. The van der Waals surface area contributed by atoms with E-state index in [0.717, 1.165) is 12.2 Å². The van der Waals surface area contributed by atoms with Crippen LogP contribution >= 0.6 is 0 Å². The van der Waals surface area contributed by atoms with Gasteiger partial charge in [-0.05, 0) is 12.1 Å². The fourth-order valence-corrected chi connectivity index (χ4v) is 0.925. The molecular formula is C10H10N2O3. The average molecular weight is 206 g/mol. The van der Waals surface area contributed by atoms with E-state index in [2.05, 4.69) is 5.32 Å². The molecule has 0 aromatic heterocycles.